The molecule has 0 aliphatic heterocycles. The number of carboxylic acid groups (broad SMARTS) is 1. The second-order valence-electron chi connectivity index (χ2n) is 4.27. The van der Waals surface area contributed by atoms with Crippen LogP contribution in [0.4, 0.5) is 0 Å². The van der Waals surface area contributed by atoms with Crippen LogP contribution in [0.15, 0.2) is 47.8 Å². The highest BCUT2D eigenvalue weighted by molar-refractivity contribution is 7.10. The van der Waals surface area contributed by atoms with E-state index in [1.54, 1.807) is 23.5 Å². The van der Waals surface area contributed by atoms with Gasteiger partial charge in [0.2, 0.25) is 0 Å². The van der Waals surface area contributed by atoms with Gasteiger partial charge in [-0.05, 0) is 35.7 Å². The number of nitrogens with zero attached hydrogens (tertiary/aromatic N) is 1. The van der Waals surface area contributed by atoms with E-state index >= 15 is 0 Å². The summed E-state index contributed by atoms with van der Waals surface area (Å²) in [6, 6.07) is 12.9. The number of fused-ring (bicyclic) bond motifs is 1. The van der Waals surface area contributed by atoms with Crippen LogP contribution in [-0.2, 0) is 0 Å². The number of carboxylic acids is 1. The number of thiophene rings is 1. The summed E-state index contributed by atoms with van der Waals surface area (Å²) < 4.78 is 0. The topological polar surface area (TPSA) is 50.2 Å². The second kappa shape index (κ2) is 5.27. The maximum Gasteiger partial charge on any atom is 0.336 e. The molecule has 0 saturated heterocycles. The van der Waals surface area contributed by atoms with E-state index in [-0.39, 0.29) is 5.56 Å². The summed E-state index contributed by atoms with van der Waals surface area (Å²) in [7, 11) is 0. The number of hydrogen-bond donors (Lipinski definition) is 1. The molecule has 0 spiro atoms. The molecular formula is C16H11NO2S. The van der Waals surface area contributed by atoms with Gasteiger partial charge in [-0.3, -0.25) is 0 Å². The van der Waals surface area contributed by atoms with Gasteiger partial charge in [-0.25, -0.2) is 9.78 Å². The molecule has 0 aliphatic carbocycles. The van der Waals surface area contributed by atoms with Gasteiger partial charge in [-0.15, -0.1) is 11.3 Å². The summed E-state index contributed by atoms with van der Waals surface area (Å²) in [4.78, 5) is 16.9. The van der Waals surface area contributed by atoms with Crippen molar-refractivity contribution in [3.63, 3.8) is 0 Å². The summed E-state index contributed by atoms with van der Waals surface area (Å²) in [5.41, 5.74) is 1.62. The van der Waals surface area contributed by atoms with Crippen LogP contribution in [-0.4, -0.2) is 16.1 Å². The second-order valence-corrected chi connectivity index (χ2v) is 5.25. The Labute approximate surface area is 119 Å². The standard InChI is InChI=1S/C16H11NO2S/c18-16(19)14-10-11(7-8-12-4-3-9-20-12)17-15-6-2-1-5-13(14)15/h1-10H,(H,18,19)/b8-7+. The normalized spacial score (nSPS) is 11.2. The Bertz CT molecular complexity index is 791. The molecule has 0 unspecified atom stereocenters. The Morgan fingerprint density at radius 2 is 2.00 bits per heavy atom. The van der Waals surface area contributed by atoms with Crippen molar-refractivity contribution in [3.8, 4) is 0 Å². The highest BCUT2D eigenvalue weighted by Crippen LogP contribution is 2.20. The Kier molecular flexibility index (Phi) is 3.31. The van der Waals surface area contributed by atoms with Crippen LogP contribution in [0, 0.1) is 0 Å². The van der Waals surface area contributed by atoms with E-state index < -0.39 is 5.97 Å². The van der Waals surface area contributed by atoms with Gasteiger partial charge in [0.05, 0.1) is 16.8 Å². The monoisotopic (exact) mass is 281 g/mol. The maximum atomic E-state index is 11.4. The van der Waals surface area contributed by atoms with E-state index in [1.807, 2.05) is 47.9 Å². The molecule has 0 saturated carbocycles. The molecule has 2 heterocycles. The minimum atomic E-state index is -0.936. The molecule has 3 aromatic rings. The van der Waals surface area contributed by atoms with Crippen LogP contribution in [0.2, 0.25) is 0 Å². The summed E-state index contributed by atoms with van der Waals surface area (Å²) in [6.45, 7) is 0. The average molecular weight is 281 g/mol. The average Bonchev–Trinajstić information content (AvgIpc) is 2.97. The van der Waals surface area contributed by atoms with Crippen LogP contribution in [0.1, 0.15) is 20.9 Å². The predicted octanol–water partition coefficient (Wildman–Crippen LogP) is 4.16. The summed E-state index contributed by atoms with van der Waals surface area (Å²) in [5.74, 6) is -0.936. The predicted molar refractivity (Wildman–Crippen MR) is 81.9 cm³/mol. The Hall–Kier alpha value is -2.46. The van der Waals surface area contributed by atoms with Crippen molar-refractivity contribution in [2.24, 2.45) is 0 Å². The lowest BCUT2D eigenvalue weighted by Crippen LogP contribution is -1.99. The number of carbonyl (C=O) groups is 1. The van der Waals surface area contributed by atoms with Crippen molar-refractivity contribution in [1.29, 1.82) is 0 Å². The van der Waals surface area contributed by atoms with Gasteiger partial charge < -0.3 is 5.11 Å². The van der Waals surface area contributed by atoms with E-state index in [9.17, 15) is 9.90 Å². The fraction of sp³-hybridized carbons (Fsp3) is 0. The van der Waals surface area contributed by atoms with Gasteiger partial charge in [0, 0.05) is 10.3 Å². The largest absolute Gasteiger partial charge is 0.478 e. The zero-order valence-electron chi connectivity index (χ0n) is 10.5. The number of rotatable bonds is 3. The minimum absolute atomic E-state index is 0.279. The van der Waals surface area contributed by atoms with Crippen molar-refractivity contribution in [1.82, 2.24) is 4.98 Å². The molecule has 1 aromatic carbocycles. The molecule has 4 heteroatoms. The number of benzene rings is 1. The molecule has 3 nitrogen and oxygen atoms in total. The van der Waals surface area contributed by atoms with Crippen molar-refractivity contribution in [3.05, 3.63) is 64.0 Å². The summed E-state index contributed by atoms with van der Waals surface area (Å²) in [6.07, 6.45) is 3.78. The lowest BCUT2D eigenvalue weighted by atomic mass is 10.1. The lowest BCUT2D eigenvalue weighted by molar-refractivity contribution is 0.0699. The minimum Gasteiger partial charge on any atom is -0.478 e. The van der Waals surface area contributed by atoms with Gasteiger partial charge in [0.25, 0.3) is 0 Å². The van der Waals surface area contributed by atoms with Crippen molar-refractivity contribution in [2.75, 3.05) is 0 Å². The van der Waals surface area contributed by atoms with E-state index in [0.717, 1.165) is 4.88 Å². The SMILES string of the molecule is O=C(O)c1cc(/C=C/c2cccs2)nc2ccccc12. The van der Waals surface area contributed by atoms with Crippen molar-refractivity contribution < 1.29 is 9.90 Å². The molecule has 1 N–H and O–H groups in total. The molecule has 0 fully saturated rings. The van der Waals surface area contributed by atoms with Gasteiger partial charge in [0.15, 0.2) is 0 Å². The molecule has 2 aromatic heterocycles. The van der Waals surface area contributed by atoms with Gasteiger partial charge in [-0.2, -0.15) is 0 Å². The Morgan fingerprint density at radius 3 is 2.75 bits per heavy atom. The number of hydrogen-bond acceptors (Lipinski definition) is 3. The highest BCUT2D eigenvalue weighted by Gasteiger charge is 2.10. The molecule has 0 bridgehead atoms. The molecule has 3 rings (SSSR count). The third kappa shape index (κ3) is 2.46. The lowest BCUT2D eigenvalue weighted by Gasteiger charge is -2.03. The third-order valence-electron chi connectivity index (χ3n) is 2.93. The fourth-order valence-corrected chi connectivity index (χ4v) is 2.63. The highest BCUT2D eigenvalue weighted by atomic mass is 32.1. The number of aromatic nitrogens is 1. The molecule has 20 heavy (non-hydrogen) atoms. The first-order chi connectivity index (χ1) is 9.74. The fourth-order valence-electron chi connectivity index (χ4n) is 2.01. The Balaban J connectivity index is 2.10. The maximum absolute atomic E-state index is 11.4. The van der Waals surface area contributed by atoms with E-state index in [0.29, 0.717) is 16.6 Å². The molecule has 0 aliphatic rings. The smallest absolute Gasteiger partial charge is 0.336 e. The Morgan fingerprint density at radius 1 is 1.15 bits per heavy atom. The molecule has 0 amide bonds. The van der Waals surface area contributed by atoms with E-state index in [1.165, 1.54) is 0 Å². The van der Waals surface area contributed by atoms with Crippen LogP contribution >= 0.6 is 11.3 Å². The first-order valence-corrected chi connectivity index (χ1v) is 6.97. The first-order valence-electron chi connectivity index (χ1n) is 6.09. The number of pyridine rings is 1. The van der Waals surface area contributed by atoms with Crippen LogP contribution in [0.5, 0.6) is 0 Å². The van der Waals surface area contributed by atoms with Crippen molar-refractivity contribution >= 4 is 40.4 Å². The van der Waals surface area contributed by atoms with E-state index in [2.05, 4.69) is 4.98 Å². The van der Waals surface area contributed by atoms with Gasteiger partial charge >= 0.3 is 5.97 Å². The van der Waals surface area contributed by atoms with Crippen LogP contribution < -0.4 is 0 Å². The molecule has 98 valence electrons. The summed E-state index contributed by atoms with van der Waals surface area (Å²) in [5, 5.41) is 12.0. The molecule has 0 atom stereocenters. The van der Waals surface area contributed by atoms with E-state index in [4.69, 9.17) is 0 Å². The molecular weight excluding hydrogens is 270 g/mol. The summed E-state index contributed by atoms with van der Waals surface area (Å²) >= 11 is 1.63. The van der Waals surface area contributed by atoms with Crippen LogP contribution in [0.25, 0.3) is 23.1 Å². The third-order valence-corrected chi connectivity index (χ3v) is 3.77. The van der Waals surface area contributed by atoms with Gasteiger partial charge in [0.1, 0.15) is 0 Å². The molecule has 0 radical (unpaired) electrons. The van der Waals surface area contributed by atoms with Gasteiger partial charge in [-0.1, -0.05) is 24.3 Å². The number of para-hydroxylation sites is 1. The first kappa shape index (κ1) is 12.6. The van der Waals surface area contributed by atoms with Crippen molar-refractivity contribution in [2.45, 2.75) is 0 Å². The number of aromatic carboxylic acids is 1. The quantitative estimate of drug-likeness (QED) is 0.784. The zero-order chi connectivity index (χ0) is 13.9. The zero-order valence-corrected chi connectivity index (χ0v) is 11.3. The van der Waals surface area contributed by atoms with Crippen LogP contribution in [0.3, 0.4) is 0 Å².